The Morgan fingerprint density at radius 2 is 2.07 bits per heavy atom. The van der Waals surface area contributed by atoms with E-state index in [2.05, 4.69) is 17.3 Å². The van der Waals surface area contributed by atoms with Crippen molar-refractivity contribution in [2.24, 2.45) is 11.7 Å². The molecule has 0 saturated carbocycles. The van der Waals surface area contributed by atoms with E-state index in [0.717, 1.165) is 43.9 Å². The van der Waals surface area contributed by atoms with Crippen LogP contribution in [0.25, 0.3) is 0 Å². The SMILES string of the molecule is CC(C)[C@H](N)C(=O)NCc1cccc(OCCN(C)C2CCOCC2)c1.Cl. The van der Waals surface area contributed by atoms with Gasteiger partial charge in [0.2, 0.25) is 5.91 Å². The summed E-state index contributed by atoms with van der Waals surface area (Å²) >= 11 is 0. The van der Waals surface area contributed by atoms with Crippen molar-refractivity contribution in [2.45, 2.75) is 45.3 Å². The van der Waals surface area contributed by atoms with Crippen molar-refractivity contribution in [3.05, 3.63) is 29.8 Å². The van der Waals surface area contributed by atoms with E-state index in [-0.39, 0.29) is 24.2 Å². The Kier molecular flexibility index (Phi) is 10.7. The third-order valence-electron chi connectivity index (χ3n) is 4.91. The number of nitrogens with one attached hydrogen (secondary N) is 1. The molecule has 1 aliphatic heterocycles. The zero-order chi connectivity index (χ0) is 18.9. The molecule has 27 heavy (non-hydrogen) atoms. The normalized spacial score (nSPS) is 16.1. The number of ether oxygens (including phenoxy) is 2. The number of carbonyl (C=O) groups excluding carboxylic acids is 1. The molecule has 1 atom stereocenters. The molecule has 1 aromatic rings. The molecule has 0 unspecified atom stereocenters. The largest absolute Gasteiger partial charge is 0.492 e. The summed E-state index contributed by atoms with van der Waals surface area (Å²) in [6, 6.07) is 7.94. The molecule has 1 saturated heterocycles. The average molecular weight is 400 g/mol. The number of likely N-dealkylation sites (N-methyl/N-ethyl adjacent to an activating group) is 1. The van der Waals surface area contributed by atoms with Gasteiger partial charge in [-0.05, 0) is 43.5 Å². The van der Waals surface area contributed by atoms with Crippen molar-refractivity contribution in [1.82, 2.24) is 10.2 Å². The lowest BCUT2D eigenvalue weighted by Gasteiger charge is -2.31. The molecule has 1 aliphatic rings. The molecule has 1 aromatic carbocycles. The molecule has 1 heterocycles. The van der Waals surface area contributed by atoms with Crippen LogP contribution in [-0.2, 0) is 16.1 Å². The van der Waals surface area contributed by atoms with Crippen molar-refractivity contribution < 1.29 is 14.3 Å². The average Bonchev–Trinajstić information content (AvgIpc) is 2.66. The predicted octanol–water partition coefficient (Wildman–Crippen LogP) is 2.20. The molecule has 0 aliphatic carbocycles. The molecule has 1 fully saturated rings. The van der Waals surface area contributed by atoms with Crippen LogP contribution in [-0.4, -0.2) is 56.3 Å². The molecule has 0 spiro atoms. The highest BCUT2D eigenvalue weighted by Gasteiger charge is 2.18. The van der Waals surface area contributed by atoms with Gasteiger partial charge in [0.15, 0.2) is 0 Å². The zero-order valence-electron chi connectivity index (χ0n) is 16.6. The lowest BCUT2D eigenvalue weighted by atomic mass is 10.0. The van der Waals surface area contributed by atoms with Gasteiger partial charge in [0.1, 0.15) is 12.4 Å². The first kappa shape index (κ1) is 23.7. The topological polar surface area (TPSA) is 76.8 Å². The van der Waals surface area contributed by atoms with Crippen LogP contribution in [0.3, 0.4) is 0 Å². The summed E-state index contributed by atoms with van der Waals surface area (Å²) in [6.07, 6.45) is 2.17. The Morgan fingerprint density at radius 3 is 2.74 bits per heavy atom. The van der Waals surface area contributed by atoms with Crippen LogP contribution in [0.1, 0.15) is 32.3 Å². The van der Waals surface area contributed by atoms with Crippen LogP contribution in [0.15, 0.2) is 24.3 Å². The van der Waals surface area contributed by atoms with Gasteiger partial charge in [0.25, 0.3) is 0 Å². The highest BCUT2D eigenvalue weighted by atomic mass is 35.5. The Bertz CT molecular complexity index is 565. The van der Waals surface area contributed by atoms with E-state index in [0.29, 0.717) is 19.2 Å². The Morgan fingerprint density at radius 1 is 1.37 bits per heavy atom. The van der Waals surface area contributed by atoms with Crippen LogP contribution >= 0.6 is 12.4 Å². The van der Waals surface area contributed by atoms with Gasteiger partial charge >= 0.3 is 0 Å². The first-order chi connectivity index (χ1) is 12.5. The molecule has 7 heteroatoms. The fourth-order valence-corrected chi connectivity index (χ4v) is 2.97. The van der Waals surface area contributed by atoms with Crippen LogP contribution in [0.5, 0.6) is 5.75 Å². The minimum Gasteiger partial charge on any atom is -0.492 e. The van der Waals surface area contributed by atoms with Gasteiger partial charge in [0.05, 0.1) is 6.04 Å². The van der Waals surface area contributed by atoms with E-state index in [1.807, 2.05) is 38.1 Å². The summed E-state index contributed by atoms with van der Waals surface area (Å²) in [5.41, 5.74) is 6.86. The molecule has 2 rings (SSSR count). The number of nitrogens with two attached hydrogens (primary N) is 1. The maximum atomic E-state index is 12.0. The fourth-order valence-electron chi connectivity index (χ4n) is 2.97. The van der Waals surface area contributed by atoms with Gasteiger partial charge in [0, 0.05) is 32.3 Å². The first-order valence-electron chi connectivity index (χ1n) is 9.50. The number of hydrogen-bond donors (Lipinski definition) is 2. The maximum Gasteiger partial charge on any atom is 0.237 e. The van der Waals surface area contributed by atoms with E-state index in [1.165, 1.54) is 0 Å². The van der Waals surface area contributed by atoms with Gasteiger partial charge in [-0.2, -0.15) is 0 Å². The number of halogens is 1. The maximum absolute atomic E-state index is 12.0. The summed E-state index contributed by atoms with van der Waals surface area (Å²) in [6.45, 7) is 7.57. The second-order valence-corrected chi connectivity index (χ2v) is 7.31. The van der Waals surface area contributed by atoms with Gasteiger partial charge < -0.3 is 20.5 Å². The fraction of sp³-hybridized carbons (Fsp3) is 0.650. The Hall–Kier alpha value is -1.34. The summed E-state index contributed by atoms with van der Waals surface area (Å²) in [4.78, 5) is 14.3. The lowest BCUT2D eigenvalue weighted by Crippen LogP contribution is -2.43. The molecule has 1 amide bonds. The van der Waals surface area contributed by atoms with Crippen molar-refractivity contribution in [3.63, 3.8) is 0 Å². The third kappa shape index (κ3) is 8.05. The molecule has 6 nitrogen and oxygen atoms in total. The number of carbonyl (C=O) groups is 1. The molecular weight excluding hydrogens is 366 g/mol. The Balaban J connectivity index is 0.00000364. The number of hydrogen-bond acceptors (Lipinski definition) is 5. The quantitative estimate of drug-likeness (QED) is 0.665. The highest BCUT2D eigenvalue weighted by molar-refractivity contribution is 5.85. The molecule has 0 bridgehead atoms. The summed E-state index contributed by atoms with van der Waals surface area (Å²) in [5.74, 6) is 0.826. The zero-order valence-corrected chi connectivity index (χ0v) is 17.5. The predicted molar refractivity (Wildman–Crippen MR) is 110 cm³/mol. The van der Waals surface area contributed by atoms with Gasteiger partial charge in [-0.15, -0.1) is 12.4 Å². The molecule has 0 aromatic heterocycles. The van der Waals surface area contributed by atoms with Gasteiger partial charge in [-0.1, -0.05) is 26.0 Å². The van der Waals surface area contributed by atoms with Crippen LogP contribution < -0.4 is 15.8 Å². The van der Waals surface area contributed by atoms with Crippen molar-refractivity contribution in [1.29, 1.82) is 0 Å². The number of rotatable bonds is 9. The second kappa shape index (κ2) is 12.2. The number of amides is 1. The van der Waals surface area contributed by atoms with Crippen molar-refractivity contribution in [2.75, 3.05) is 33.4 Å². The van der Waals surface area contributed by atoms with E-state index in [1.54, 1.807) is 0 Å². The number of benzene rings is 1. The molecule has 3 N–H and O–H groups in total. The molecule has 154 valence electrons. The highest BCUT2D eigenvalue weighted by Crippen LogP contribution is 2.15. The van der Waals surface area contributed by atoms with Crippen molar-refractivity contribution >= 4 is 18.3 Å². The second-order valence-electron chi connectivity index (χ2n) is 7.31. The van der Waals surface area contributed by atoms with E-state index in [4.69, 9.17) is 15.2 Å². The minimum atomic E-state index is -0.477. The van der Waals surface area contributed by atoms with Crippen LogP contribution in [0.2, 0.25) is 0 Å². The Labute approximate surface area is 169 Å². The van der Waals surface area contributed by atoms with E-state index >= 15 is 0 Å². The summed E-state index contributed by atoms with van der Waals surface area (Å²) < 4.78 is 11.3. The monoisotopic (exact) mass is 399 g/mol. The van der Waals surface area contributed by atoms with Gasteiger partial charge in [-0.3, -0.25) is 9.69 Å². The third-order valence-corrected chi connectivity index (χ3v) is 4.91. The van der Waals surface area contributed by atoms with Crippen LogP contribution in [0, 0.1) is 5.92 Å². The molecule has 0 radical (unpaired) electrons. The molecular formula is C20H34ClN3O3. The standard InChI is InChI=1S/C20H33N3O3.ClH/c1-15(2)19(21)20(24)22-14-16-5-4-6-18(13-16)26-12-9-23(3)17-7-10-25-11-8-17;/h4-6,13,15,17,19H,7-12,14,21H2,1-3H3,(H,22,24);1H/t19-;/m0./s1. The van der Waals surface area contributed by atoms with E-state index in [9.17, 15) is 4.79 Å². The first-order valence-corrected chi connectivity index (χ1v) is 9.50. The minimum absolute atomic E-state index is 0. The lowest BCUT2D eigenvalue weighted by molar-refractivity contribution is -0.123. The van der Waals surface area contributed by atoms with Crippen molar-refractivity contribution in [3.8, 4) is 5.75 Å². The van der Waals surface area contributed by atoms with E-state index < -0.39 is 6.04 Å². The van der Waals surface area contributed by atoms with Crippen LogP contribution in [0.4, 0.5) is 0 Å². The summed E-state index contributed by atoms with van der Waals surface area (Å²) in [7, 11) is 2.14. The smallest absolute Gasteiger partial charge is 0.237 e. The number of nitrogens with zero attached hydrogens (tertiary/aromatic N) is 1. The summed E-state index contributed by atoms with van der Waals surface area (Å²) in [5, 5.41) is 2.89. The van der Waals surface area contributed by atoms with Gasteiger partial charge in [-0.25, -0.2) is 0 Å².